The van der Waals surface area contributed by atoms with Crippen molar-refractivity contribution in [1.29, 1.82) is 0 Å². The average Bonchev–Trinajstić information content (AvgIpc) is 2.80. The van der Waals surface area contributed by atoms with Gasteiger partial charge in [-0.25, -0.2) is 10.2 Å². The van der Waals surface area contributed by atoms with Crippen LogP contribution in [0.15, 0.2) is 39.9 Å². The molecule has 2 rings (SSSR count). The second-order valence-electron chi connectivity index (χ2n) is 6.78. The first kappa shape index (κ1) is 28.4. The Morgan fingerprint density at radius 3 is 2.51 bits per heavy atom. The van der Waals surface area contributed by atoms with Crippen LogP contribution >= 0.6 is 39.1 Å². The maximum atomic E-state index is 12.1. The van der Waals surface area contributed by atoms with Crippen molar-refractivity contribution in [3.63, 3.8) is 0 Å². The van der Waals surface area contributed by atoms with Crippen LogP contribution in [0.4, 0.5) is 0 Å². The number of rotatable bonds is 12. The number of nitrogens with zero attached hydrogens (tertiary/aromatic N) is 1. The van der Waals surface area contributed by atoms with Crippen molar-refractivity contribution < 1.29 is 28.6 Å². The lowest BCUT2D eigenvalue weighted by Crippen LogP contribution is -2.29. The summed E-state index contributed by atoms with van der Waals surface area (Å²) in [7, 11) is 0. The van der Waals surface area contributed by atoms with E-state index in [1.54, 1.807) is 19.1 Å². The van der Waals surface area contributed by atoms with Crippen LogP contribution in [0.3, 0.4) is 0 Å². The van der Waals surface area contributed by atoms with Gasteiger partial charge in [0.25, 0.3) is 5.91 Å². The average molecular weight is 589 g/mol. The molecule has 0 aliphatic carbocycles. The maximum Gasteiger partial charge on any atom is 0.344 e. The van der Waals surface area contributed by atoms with Crippen LogP contribution in [0.5, 0.6) is 11.5 Å². The third-order valence-electron chi connectivity index (χ3n) is 4.19. The number of hydrogen-bond donors (Lipinski definition) is 2. The van der Waals surface area contributed by atoms with Crippen molar-refractivity contribution in [2.75, 3.05) is 26.4 Å². The third kappa shape index (κ3) is 9.39. The van der Waals surface area contributed by atoms with E-state index in [1.165, 1.54) is 24.4 Å². The summed E-state index contributed by atoms with van der Waals surface area (Å²) in [6.45, 7) is 3.98. The van der Waals surface area contributed by atoms with Gasteiger partial charge in [-0.05, 0) is 65.7 Å². The van der Waals surface area contributed by atoms with Gasteiger partial charge in [0.15, 0.2) is 18.1 Å². The summed E-state index contributed by atoms with van der Waals surface area (Å²) in [5.41, 5.74) is 3.34. The molecule has 9 nitrogen and oxygen atoms in total. The second-order valence-corrected chi connectivity index (χ2v) is 8.45. The zero-order valence-corrected chi connectivity index (χ0v) is 22.1. The summed E-state index contributed by atoms with van der Waals surface area (Å²) in [6.07, 6.45) is 1.44. The first-order valence-corrected chi connectivity index (χ1v) is 12.1. The highest BCUT2D eigenvalue weighted by Crippen LogP contribution is 2.36. The highest BCUT2D eigenvalue weighted by molar-refractivity contribution is 9.10. The fourth-order valence-electron chi connectivity index (χ4n) is 2.66. The highest BCUT2D eigenvalue weighted by atomic mass is 79.9. The summed E-state index contributed by atoms with van der Waals surface area (Å²) >= 11 is 15.1. The van der Waals surface area contributed by atoms with Gasteiger partial charge in [0, 0.05) is 18.5 Å². The number of esters is 1. The van der Waals surface area contributed by atoms with E-state index in [0.29, 0.717) is 38.7 Å². The van der Waals surface area contributed by atoms with Crippen LogP contribution in [0, 0.1) is 0 Å². The van der Waals surface area contributed by atoms with Gasteiger partial charge in [-0.1, -0.05) is 23.2 Å². The number of amides is 2. The first-order valence-electron chi connectivity index (χ1n) is 10.5. The predicted molar refractivity (Wildman–Crippen MR) is 137 cm³/mol. The Labute approximate surface area is 221 Å². The molecule has 0 aromatic heterocycles. The molecule has 0 atom stereocenters. The molecule has 0 bridgehead atoms. The normalized spacial score (nSPS) is 10.7. The van der Waals surface area contributed by atoms with Crippen molar-refractivity contribution in [3.8, 4) is 11.5 Å². The van der Waals surface area contributed by atoms with E-state index in [2.05, 4.69) is 31.8 Å². The molecule has 0 heterocycles. The van der Waals surface area contributed by atoms with E-state index in [-0.39, 0.29) is 37.1 Å². The van der Waals surface area contributed by atoms with Gasteiger partial charge < -0.3 is 19.5 Å². The Hall–Kier alpha value is -2.82. The fourth-order valence-corrected chi connectivity index (χ4v) is 3.54. The van der Waals surface area contributed by atoms with Crippen molar-refractivity contribution >= 4 is 63.1 Å². The molecule has 0 saturated heterocycles. The minimum atomic E-state index is -0.497. The summed E-state index contributed by atoms with van der Waals surface area (Å²) in [4.78, 5) is 35.7. The Kier molecular flexibility index (Phi) is 11.8. The molecule has 0 fully saturated rings. The molecule has 0 aliphatic rings. The quantitative estimate of drug-likeness (QED) is 0.216. The lowest BCUT2D eigenvalue weighted by Gasteiger charge is -2.14. The van der Waals surface area contributed by atoms with Gasteiger partial charge in [0.1, 0.15) is 0 Å². The van der Waals surface area contributed by atoms with Gasteiger partial charge in [0.2, 0.25) is 5.91 Å². The van der Waals surface area contributed by atoms with Gasteiger partial charge in [0.05, 0.1) is 33.9 Å². The highest BCUT2D eigenvalue weighted by Gasteiger charge is 2.14. The Balaban J connectivity index is 1.89. The van der Waals surface area contributed by atoms with Crippen LogP contribution in [0.1, 0.15) is 36.2 Å². The van der Waals surface area contributed by atoms with E-state index in [9.17, 15) is 14.4 Å². The van der Waals surface area contributed by atoms with Gasteiger partial charge in [-0.2, -0.15) is 5.10 Å². The number of carbonyl (C=O) groups is 3. The number of benzene rings is 2. The van der Waals surface area contributed by atoms with Crippen LogP contribution < -0.4 is 20.2 Å². The molecule has 0 aliphatic heterocycles. The monoisotopic (exact) mass is 587 g/mol. The molecule has 2 aromatic rings. The van der Waals surface area contributed by atoms with Crippen molar-refractivity contribution in [2.45, 2.75) is 20.3 Å². The Morgan fingerprint density at radius 1 is 1.06 bits per heavy atom. The van der Waals surface area contributed by atoms with Crippen LogP contribution in [0.2, 0.25) is 10.0 Å². The molecular formula is C23H24BrCl2N3O6. The molecule has 0 radical (unpaired) electrons. The third-order valence-corrected chi connectivity index (χ3v) is 5.52. The number of hydrogen-bond acceptors (Lipinski definition) is 7. The molecule has 0 spiro atoms. The molecule has 35 heavy (non-hydrogen) atoms. The fraction of sp³-hybridized carbons (Fsp3) is 0.304. The molecule has 0 saturated carbocycles. The lowest BCUT2D eigenvalue weighted by molar-refractivity contribution is -0.145. The van der Waals surface area contributed by atoms with E-state index in [1.807, 2.05) is 6.92 Å². The molecular weight excluding hydrogens is 565 g/mol. The topological polar surface area (TPSA) is 115 Å². The van der Waals surface area contributed by atoms with E-state index in [0.717, 1.165) is 0 Å². The zero-order valence-electron chi connectivity index (χ0n) is 19.0. The van der Waals surface area contributed by atoms with Crippen LogP contribution in [-0.2, 0) is 14.3 Å². The van der Waals surface area contributed by atoms with Crippen molar-refractivity contribution in [1.82, 2.24) is 10.7 Å². The molecule has 2 N–H and O–H groups in total. The molecule has 2 aromatic carbocycles. The van der Waals surface area contributed by atoms with E-state index >= 15 is 0 Å². The summed E-state index contributed by atoms with van der Waals surface area (Å²) in [6, 6.07) is 7.85. The molecule has 188 valence electrons. The smallest absolute Gasteiger partial charge is 0.344 e. The van der Waals surface area contributed by atoms with E-state index in [4.69, 9.17) is 37.4 Å². The van der Waals surface area contributed by atoms with Gasteiger partial charge >= 0.3 is 5.97 Å². The number of halogens is 3. The molecule has 2 amide bonds. The SMILES string of the molecule is CCOC(=O)COc1c(Br)cc(C=NNC(=O)CCNC(=O)c2ccc(Cl)c(Cl)c2)cc1OCC. The minimum Gasteiger partial charge on any atom is -0.490 e. The molecule has 12 heteroatoms. The largest absolute Gasteiger partial charge is 0.490 e. The predicted octanol–water partition coefficient (Wildman–Crippen LogP) is 4.37. The number of carbonyl (C=O) groups excluding carboxylic acids is 3. The minimum absolute atomic E-state index is 0.0128. The number of ether oxygens (including phenoxy) is 3. The maximum absolute atomic E-state index is 12.1. The second kappa shape index (κ2) is 14.6. The van der Waals surface area contributed by atoms with Crippen molar-refractivity contribution in [2.24, 2.45) is 5.10 Å². The summed E-state index contributed by atoms with van der Waals surface area (Å²) < 4.78 is 16.5. The molecule has 0 unspecified atom stereocenters. The van der Waals surface area contributed by atoms with Crippen LogP contribution in [-0.4, -0.2) is 50.4 Å². The summed E-state index contributed by atoms with van der Waals surface area (Å²) in [5, 5.41) is 7.17. The van der Waals surface area contributed by atoms with Crippen molar-refractivity contribution in [3.05, 3.63) is 56.0 Å². The number of nitrogens with one attached hydrogen (secondary N) is 2. The van der Waals surface area contributed by atoms with E-state index < -0.39 is 11.9 Å². The van der Waals surface area contributed by atoms with Crippen LogP contribution in [0.25, 0.3) is 0 Å². The number of hydrazone groups is 1. The zero-order chi connectivity index (χ0) is 25.8. The van der Waals surface area contributed by atoms with Gasteiger partial charge in [-0.3, -0.25) is 9.59 Å². The van der Waals surface area contributed by atoms with Gasteiger partial charge in [-0.15, -0.1) is 0 Å². The lowest BCUT2D eigenvalue weighted by atomic mass is 10.2. The standard InChI is InChI=1S/C23H24BrCl2N3O6/c1-3-33-19-10-14(9-16(24)22(19)35-13-21(31)34-4-2)12-28-29-20(30)7-8-27-23(32)15-5-6-17(25)18(26)11-15/h5-6,9-12H,3-4,7-8,13H2,1-2H3,(H,27,32)(H,29,30). The first-order chi connectivity index (χ1) is 16.7. The Bertz CT molecular complexity index is 1100. The summed E-state index contributed by atoms with van der Waals surface area (Å²) in [5.74, 6) is -0.529. The Morgan fingerprint density at radius 2 is 1.83 bits per heavy atom.